The molecule has 0 saturated heterocycles. The highest BCUT2D eigenvalue weighted by Crippen LogP contribution is 2.38. The number of aryl methyl sites for hydroxylation is 1. The normalized spacial score (nSPS) is 15.2. The number of ether oxygens (including phenoxy) is 1. The molecule has 0 radical (unpaired) electrons. The molecule has 0 bridgehead atoms. The smallest absolute Gasteiger partial charge is 0.405 e. The molecule has 7 nitrogen and oxygen atoms in total. The number of aromatic nitrogens is 3. The number of carbonyl (C=O) groups is 1. The number of amides is 1. The zero-order valence-corrected chi connectivity index (χ0v) is 14.7. The molecule has 134 valence electrons. The average molecular weight is 352 g/mol. The van der Waals surface area contributed by atoms with Crippen LogP contribution in [0.5, 0.6) is 0 Å². The molecule has 26 heavy (non-hydrogen) atoms. The van der Waals surface area contributed by atoms with Crippen LogP contribution in [0.2, 0.25) is 0 Å². The van der Waals surface area contributed by atoms with Gasteiger partial charge in [0.2, 0.25) is 0 Å². The topological polar surface area (TPSA) is 92.1 Å². The molecule has 1 aromatic carbocycles. The SMILES string of the molecule is CC(OC(N)=O)c1cc2cccc(-c3cnn(C)c3)c2c(=O)n1C1CC1. The summed E-state index contributed by atoms with van der Waals surface area (Å²) in [6.45, 7) is 1.73. The van der Waals surface area contributed by atoms with Gasteiger partial charge in [0.15, 0.2) is 0 Å². The second-order valence-corrected chi connectivity index (χ2v) is 6.73. The van der Waals surface area contributed by atoms with E-state index in [2.05, 4.69) is 5.10 Å². The van der Waals surface area contributed by atoms with Crippen molar-refractivity contribution in [3.63, 3.8) is 0 Å². The lowest BCUT2D eigenvalue weighted by Crippen LogP contribution is -2.26. The van der Waals surface area contributed by atoms with Gasteiger partial charge in [-0.05, 0) is 36.8 Å². The Balaban J connectivity index is 1.98. The van der Waals surface area contributed by atoms with E-state index in [1.54, 1.807) is 22.4 Å². The van der Waals surface area contributed by atoms with Crippen molar-refractivity contribution in [2.45, 2.75) is 31.9 Å². The highest BCUT2D eigenvalue weighted by molar-refractivity contribution is 5.96. The van der Waals surface area contributed by atoms with E-state index >= 15 is 0 Å². The summed E-state index contributed by atoms with van der Waals surface area (Å²) >= 11 is 0. The number of nitrogens with zero attached hydrogens (tertiary/aromatic N) is 3. The fourth-order valence-electron chi connectivity index (χ4n) is 3.45. The van der Waals surface area contributed by atoms with Gasteiger partial charge < -0.3 is 15.0 Å². The minimum absolute atomic E-state index is 0.0700. The van der Waals surface area contributed by atoms with E-state index < -0.39 is 12.2 Å². The lowest BCUT2D eigenvalue weighted by Gasteiger charge is -2.19. The van der Waals surface area contributed by atoms with Crippen molar-refractivity contribution < 1.29 is 9.53 Å². The second kappa shape index (κ2) is 6.01. The number of carbonyl (C=O) groups excluding carboxylic acids is 1. The molecule has 1 fully saturated rings. The van der Waals surface area contributed by atoms with Crippen LogP contribution in [-0.4, -0.2) is 20.4 Å². The summed E-state index contributed by atoms with van der Waals surface area (Å²) in [7, 11) is 1.85. The summed E-state index contributed by atoms with van der Waals surface area (Å²) in [6, 6.07) is 7.80. The van der Waals surface area contributed by atoms with Crippen LogP contribution in [0.1, 0.15) is 37.6 Å². The van der Waals surface area contributed by atoms with Crippen LogP contribution < -0.4 is 11.3 Å². The molecule has 1 aliphatic carbocycles. The quantitative estimate of drug-likeness (QED) is 0.781. The van der Waals surface area contributed by atoms with Gasteiger partial charge in [-0.2, -0.15) is 5.10 Å². The van der Waals surface area contributed by atoms with Gasteiger partial charge in [0.05, 0.1) is 17.3 Å². The van der Waals surface area contributed by atoms with E-state index in [1.165, 1.54) is 0 Å². The Kier molecular flexibility index (Phi) is 3.79. The zero-order valence-electron chi connectivity index (χ0n) is 14.7. The fraction of sp³-hybridized carbons (Fsp3) is 0.316. The summed E-state index contributed by atoms with van der Waals surface area (Å²) in [6.07, 6.45) is 4.09. The summed E-state index contributed by atoms with van der Waals surface area (Å²) in [4.78, 5) is 24.6. The lowest BCUT2D eigenvalue weighted by atomic mass is 10.0. The molecule has 0 spiro atoms. The number of rotatable bonds is 4. The van der Waals surface area contributed by atoms with Gasteiger partial charge in [0, 0.05) is 24.8 Å². The zero-order chi connectivity index (χ0) is 18.4. The number of benzene rings is 1. The molecule has 4 rings (SSSR count). The molecule has 0 aliphatic heterocycles. The first-order valence-corrected chi connectivity index (χ1v) is 8.59. The first-order chi connectivity index (χ1) is 12.5. The molecule has 1 saturated carbocycles. The Bertz CT molecular complexity index is 1060. The minimum Gasteiger partial charge on any atom is -0.440 e. The first kappa shape index (κ1) is 16.4. The second-order valence-electron chi connectivity index (χ2n) is 6.73. The minimum atomic E-state index is -0.850. The number of pyridine rings is 1. The van der Waals surface area contributed by atoms with Crippen molar-refractivity contribution in [1.82, 2.24) is 14.3 Å². The van der Waals surface area contributed by atoms with Gasteiger partial charge >= 0.3 is 6.09 Å². The molecule has 2 heterocycles. The molecule has 2 N–H and O–H groups in total. The third-order valence-corrected chi connectivity index (χ3v) is 4.75. The molecule has 1 amide bonds. The van der Waals surface area contributed by atoms with Crippen molar-refractivity contribution in [3.8, 4) is 11.1 Å². The van der Waals surface area contributed by atoms with Gasteiger partial charge in [0.25, 0.3) is 5.56 Å². The monoisotopic (exact) mass is 352 g/mol. The standard InChI is InChI=1S/C19H20N4O3/c1-11(26-19(20)25)16-8-12-4-3-5-15(13-9-21-22(2)10-13)17(12)18(24)23(16)14-6-7-14/h3-5,8-11,14H,6-7H2,1-2H3,(H2,20,25). The maximum Gasteiger partial charge on any atom is 0.405 e. The van der Waals surface area contributed by atoms with E-state index in [1.807, 2.05) is 37.5 Å². The summed E-state index contributed by atoms with van der Waals surface area (Å²) in [5, 5.41) is 5.68. The summed E-state index contributed by atoms with van der Waals surface area (Å²) in [5.74, 6) is 0. The van der Waals surface area contributed by atoms with E-state index in [9.17, 15) is 9.59 Å². The highest BCUT2D eigenvalue weighted by Gasteiger charge is 2.30. The van der Waals surface area contributed by atoms with Crippen LogP contribution in [0.15, 0.2) is 41.5 Å². The molecule has 7 heteroatoms. The Morgan fingerprint density at radius 3 is 2.77 bits per heavy atom. The van der Waals surface area contributed by atoms with E-state index in [-0.39, 0.29) is 11.6 Å². The summed E-state index contributed by atoms with van der Waals surface area (Å²) < 4.78 is 8.62. The average Bonchev–Trinajstić information content (AvgIpc) is 3.33. The van der Waals surface area contributed by atoms with Crippen molar-refractivity contribution in [2.75, 3.05) is 0 Å². The van der Waals surface area contributed by atoms with Crippen LogP contribution in [-0.2, 0) is 11.8 Å². The molecular formula is C19H20N4O3. The van der Waals surface area contributed by atoms with Gasteiger partial charge in [-0.25, -0.2) is 4.79 Å². The number of primary amides is 1. The lowest BCUT2D eigenvalue weighted by molar-refractivity contribution is 0.112. The fourth-order valence-corrected chi connectivity index (χ4v) is 3.45. The third kappa shape index (κ3) is 2.75. The predicted molar refractivity (Wildman–Crippen MR) is 97.8 cm³/mol. The number of hydrogen-bond donors (Lipinski definition) is 1. The van der Waals surface area contributed by atoms with Gasteiger partial charge in [0.1, 0.15) is 6.10 Å². The Hall–Kier alpha value is -3.09. The number of nitrogens with two attached hydrogens (primary N) is 1. The van der Waals surface area contributed by atoms with Crippen molar-refractivity contribution in [1.29, 1.82) is 0 Å². The molecule has 2 aromatic heterocycles. The Morgan fingerprint density at radius 2 is 2.15 bits per heavy atom. The van der Waals surface area contributed by atoms with Crippen molar-refractivity contribution >= 4 is 16.9 Å². The Labute approximate surface area is 150 Å². The third-order valence-electron chi connectivity index (χ3n) is 4.75. The molecular weight excluding hydrogens is 332 g/mol. The van der Waals surface area contributed by atoms with Gasteiger partial charge in [-0.3, -0.25) is 9.48 Å². The van der Waals surface area contributed by atoms with Crippen LogP contribution in [0.3, 0.4) is 0 Å². The van der Waals surface area contributed by atoms with E-state index in [4.69, 9.17) is 10.5 Å². The number of fused-ring (bicyclic) bond motifs is 1. The van der Waals surface area contributed by atoms with Gasteiger partial charge in [-0.15, -0.1) is 0 Å². The first-order valence-electron chi connectivity index (χ1n) is 8.59. The molecule has 1 atom stereocenters. The maximum absolute atomic E-state index is 13.4. The molecule has 1 aliphatic rings. The Morgan fingerprint density at radius 1 is 1.38 bits per heavy atom. The van der Waals surface area contributed by atoms with Gasteiger partial charge in [-0.1, -0.05) is 18.2 Å². The van der Waals surface area contributed by atoms with Crippen LogP contribution >= 0.6 is 0 Å². The van der Waals surface area contributed by atoms with E-state index in [0.29, 0.717) is 11.1 Å². The summed E-state index contributed by atoms with van der Waals surface area (Å²) in [5.41, 5.74) is 7.52. The van der Waals surface area contributed by atoms with Crippen LogP contribution in [0.25, 0.3) is 21.9 Å². The number of hydrogen-bond acceptors (Lipinski definition) is 4. The predicted octanol–water partition coefficient (Wildman–Crippen LogP) is 2.89. The maximum atomic E-state index is 13.4. The van der Waals surface area contributed by atoms with Crippen LogP contribution in [0, 0.1) is 0 Å². The largest absolute Gasteiger partial charge is 0.440 e. The van der Waals surface area contributed by atoms with Crippen LogP contribution in [0.4, 0.5) is 4.79 Å². The van der Waals surface area contributed by atoms with E-state index in [0.717, 1.165) is 29.4 Å². The van der Waals surface area contributed by atoms with Crippen molar-refractivity contribution in [3.05, 3.63) is 52.7 Å². The molecule has 3 aromatic rings. The molecule has 1 unspecified atom stereocenters. The van der Waals surface area contributed by atoms with Crippen molar-refractivity contribution in [2.24, 2.45) is 12.8 Å². The highest BCUT2D eigenvalue weighted by atomic mass is 16.6.